The van der Waals surface area contributed by atoms with Crippen LogP contribution in [0.3, 0.4) is 0 Å². The van der Waals surface area contributed by atoms with Gasteiger partial charge in [0.15, 0.2) is 0 Å². The van der Waals surface area contributed by atoms with Crippen molar-refractivity contribution in [3.8, 4) is 0 Å². The summed E-state index contributed by atoms with van der Waals surface area (Å²) in [5, 5.41) is 8.19. The van der Waals surface area contributed by atoms with Crippen molar-refractivity contribution in [1.29, 1.82) is 0 Å². The van der Waals surface area contributed by atoms with E-state index in [0.29, 0.717) is 0 Å². The van der Waals surface area contributed by atoms with E-state index >= 15 is 0 Å². The van der Waals surface area contributed by atoms with Crippen LogP contribution in [0.2, 0.25) is 0 Å². The van der Waals surface area contributed by atoms with Crippen LogP contribution in [0.25, 0.3) is 0 Å². The van der Waals surface area contributed by atoms with Gasteiger partial charge in [0.05, 0.1) is 11.8 Å². The second-order valence-electron chi connectivity index (χ2n) is 3.32. The lowest BCUT2D eigenvalue weighted by molar-refractivity contribution is -0.138. The van der Waals surface area contributed by atoms with Crippen molar-refractivity contribution in [2.24, 2.45) is 0 Å². The zero-order valence-electron chi connectivity index (χ0n) is 8.82. The second kappa shape index (κ2) is 4.47. The molecule has 0 saturated heterocycles. The standard InChI is InChI=1S/C10H7F3N4O/c11-10(12,13)6-2-1-4-14-8(6)9(18)16-7-3-5-15-17-7/h1-5H,(H2,15,16,17,18). The molecule has 0 atom stereocenters. The molecule has 0 fully saturated rings. The Morgan fingerprint density at radius 1 is 1.28 bits per heavy atom. The summed E-state index contributed by atoms with van der Waals surface area (Å²) in [7, 11) is 0. The molecule has 2 aromatic heterocycles. The second-order valence-corrected chi connectivity index (χ2v) is 3.32. The third kappa shape index (κ3) is 2.47. The maximum absolute atomic E-state index is 12.6. The van der Waals surface area contributed by atoms with Crippen LogP contribution in [0.15, 0.2) is 30.6 Å². The van der Waals surface area contributed by atoms with E-state index in [1.54, 1.807) is 0 Å². The number of aromatic amines is 1. The Kier molecular flexibility index (Phi) is 3.00. The van der Waals surface area contributed by atoms with Gasteiger partial charge in [-0.3, -0.25) is 14.9 Å². The highest BCUT2D eigenvalue weighted by Crippen LogP contribution is 2.31. The number of hydrogen-bond donors (Lipinski definition) is 2. The molecule has 0 aliphatic carbocycles. The number of anilines is 1. The fourth-order valence-electron chi connectivity index (χ4n) is 1.32. The maximum atomic E-state index is 12.6. The van der Waals surface area contributed by atoms with Crippen molar-refractivity contribution < 1.29 is 18.0 Å². The van der Waals surface area contributed by atoms with Gasteiger partial charge < -0.3 is 5.32 Å². The van der Waals surface area contributed by atoms with Crippen molar-refractivity contribution in [2.75, 3.05) is 5.32 Å². The number of carbonyl (C=O) groups is 1. The predicted molar refractivity (Wildman–Crippen MR) is 55.8 cm³/mol. The van der Waals surface area contributed by atoms with Crippen LogP contribution >= 0.6 is 0 Å². The van der Waals surface area contributed by atoms with Crippen molar-refractivity contribution in [2.45, 2.75) is 6.18 Å². The first-order valence-electron chi connectivity index (χ1n) is 4.81. The maximum Gasteiger partial charge on any atom is 0.418 e. The number of alkyl halides is 3. The molecule has 5 nitrogen and oxygen atoms in total. The van der Waals surface area contributed by atoms with Gasteiger partial charge in [0.1, 0.15) is 11.5 Å². The van der Waals surface area contributed by atoms with E-state index in [9.17, 15) is 18.0 Å². The summed E-state index contributed by atoms with van der Waals surface area (Å²) in [6.07, 6.45) is -2.15. The SMILES string of the molecule is O=C(Nc1ccn[nH]1)c1ncccc1C(F)(F)F. The van der Waals surface area contributed by atoms with Gasteiger partial charge in [-0.1, -0.05) is 0 Å². The topological polar surface area (TPSA) is 70.7 Å². The number of amides is 1. The van der Waals surface area contributed by atoms with Gasteiger partial charge in [-0.2, -0.15) is 18.3 Å². The van der Waals surface area contributed by atoms with E-state index < -0.39 is 23.3 Å². The quantitative estimate of drug-likeness (QED) is 0.864. The summed E-state index contributed by atoms with van der Waals surface area (Å²) in [5.41, 5.74) is -1.76. The number of H-pyrrole nitrogens is 1. The van der Waals surface area contributed by atoms with Gasteiger partial charge in [0.2, 0.25) is 0 Å². The molecule has 1 amide bonds. The Morgan fingerprint density at radius 3 is 2.67 bits per heavy atom. The third-order valence-electron chi connectivity index (χ3n) is 2.08. The highest BCUT2D eigenvalue weighted by atomic mass is 19.4. The summed E-state index contributed by atoms with van der Waals surface area (Å²) >= 11 is 0. The van der Waals surface area contributed by atoms with E-state index in [0.717, 1.165) is 18.3 Å². The molecule has 2 N–H and O–H groups in total. The van der Waals surface area contributed by atoms with Gasteiger partial charge in [-0.05, 0) is 12.1 Å². The molecule has 2 rings (SSSR count). The summed E-state index contributed by atoms with van der Waals surface area (Å²) in [5.74, 6) is -0.758. The fraction of sp³-hybridized carbons (Fsp3) is 0.100. The monoisotopic (exact) mass is 256 g/mol. The zero-order chi connectivity index (χ0) is 13.2. The van der Waals surface area contributed by atoms with Gasteiger partial charge in [0.25, 0.3) is 5.91 Å². The predicted octanol–water partition coefficient (Wildman–Crippen LogP) is 2.08. The number of pyridine rings is 1. The Balaban J connectivity index is 2.31. The lowest BCUT2D eigenvalue weighted by Gasteiger charge is -2.10. The van der Waals surface area contributed by atoms with E-state index in [1.165, 1.54) is 12.3 Å². The molecule has 0 unspecified atom stereocenters. The van der Waals surface area contributed by atoms with E-state index in [4.69, 9.17) is 0 Å². The van der Waals surface area contributed by atoms with Gasteiger partial charge >= 0.3 is 6.18 Å². The average Bonchev–Trinajstić information content (AvgIpc) is 2.80. The van der Waals surface area contributed by atoms with Crippen molar-refractivity contribution in [1.82, 2.24) is 15.2 Å². The molecule has 94 valence electrons. The lowest BCUT2D eigenvalue weighted by Crippen LogP contribution is -2.20. The molecule has 0 radical (unpaired) electrons. The number of hydrogen-bond acceptors (Lipinski definition) is 3. The van der Waals surface area contributed by atoms with Crippen LogP contribution in [0.1, 0.15) is 16.1 Å². The minimum absolute atomic E-state index is 0.193. The molecule has 18 heavy (non-hydrogen) atoms. The summed E-state index contributed by atoms with van der Waals surface area (Å²) in [6.45, 7) is 0. The molecule has 0 spiro atoms. The molecule has 8 heteroatoms. The van der Waals surface area contributed by atoms with Gasteiger partial charge in [0, 0.05) is 12.3 Å². The third-order valence-corrected chi connectivity index (χ3v) is 2.08. The summed E-state index contributed by atoms with van der Waals surface area (Å²) < 4.78 is 37.9. The van der Waals surface area contributed by atoms with E-state index in [2.05, 4.69) is 20.5 Å². The molecule has 0 saturated carbocycles. The van der Waals surface area contributed by atoms with E-state index in [-0.39, 0.29) is 5.82 Å². The molecular weight excluding hydrogens is 249 g/mol. The lowest BCUT2D eigenvalue weighted by atomic mass is 10.2. The first-order chi connectivity index (χ1) is 8.48. The Hall–Kier alpha value is -2.38. The van der Waals surface area contributed by atoms with Crippen LogP contribution < -0.4 is 5.32 Å². The Labute approximate surface area is 99.0 Å². The van der Waals surface area contributed by atoms with Crippen molar-refractivity contribution in [3.63, 3.8) is 0 Å². The Morgan fingerprint density at radius 2 is 2.06 bits per heavy atom. The van der Waals surface area contributed by atoms with Crippen LogP contribution in [0.4, 0.5) is 19.0 Å². The first kappa shape index (κ1) is 12.1. The van der Waals surface area contributed by atoms with E-state index in [1.807, 2.05) is 0 Å². The molecular formula is C10H7F3N4O. The average molecular weight is 256 g/mol. The molecule has 0 aromatic carbocycles. The molecule has 2 heterocycles. The van der Waals surface area contributed by atoms with Crippen LogP contribution in [0, 0.1) is 0 Å². The molecule has 0 bridgehead atoms. The number of rotatable bonds is 2. The minimum Gasteiger partial charge on any atom is -0.306 e. The summed E-state index contributed by atoms with van der Waals surface area (Å²) in [4.78, 5) is 15.1. The first-order valence-corrected chi connectivity index (χ1v) is 4.81. The van der Waals surface area contributed by atoms with Gasteiger partial charge in [-0.25, -0.2) is 0 Å². The highest BCUT2D eigenvalue weighted by molar-refractivity contribution is 6.03. The fourth-order valence-corrected chi connectivity index (χ4v) is 1.32. The smallest absolute Gasteiger partial charge is 0.306 e. The zero-order valence-corrected chi connectivity index (χ0v) is 8.82. The molecule has 2 aromatic rings. The normalized spacial score (nSPS) is 11.3. The van der Waals surface area contributed by atoms with Crippen LogP contribution in [-0.4, -0.2) is 21.1 Å². The number of aromatic nitrogens is 3. The number of halogens is 3. The number of nitrogens with zero attached hydrogens (tertiary/aromatic N) is 2. The largest absolute Gasteiger partial charge is 0.418 e. The summed E-state index contributed by atoms with van der Waals surface area (Å²) in [6, 6.07) is 3.33. The van der Waals surface area contributed by atoms with Gasteiger partial charge in [-0.15, -0.1) is 0 Å². The minimum atomic E-state index is -4.63. The Bertz CT molecular complexity index is 551. The van der Waals surface area contributed by atoms with Crippen LogP contribution in [-0.2, 0) is 6.18 Å². The van der Waals surface area contributed by atoms with Crippen molar-refractivity contribution in [3.05, 3.63) is 41.9 Å². The highest BCUT2D eigenvalue weighted by Gasteiger charge is 2.35. The van der Waals surface area contributed by atoms with Crippen LogP contribution in [0.5, 0.6) is 0 Å². The molecule has 0 aliphatic rings. The van der Waals surface area contributed by atoms with Crippen molar-refractivity contribution >= 4 is 11.7 Å². The number of nitrogens with one attached hydrogen (secondary N) is 2. The number of carbonyl (C=O) groups excluding carboxylic acids is 1. The molecule has 0 aliphatic heterocycles.